The first kappa shape index (κ1) is 10.0. The number of nitrogens with two attached hydrogens (primary N) is 1. The summed E-state index contributed by atoms with van der Waals surface area (Å²) in [6.07, 6.45) is 1.03. The van der Waals surface area contributed by atoms with Crippen LogP contribution >= 0.6 is 0 Å². The maximum atomic E-state index is 5.47. The van der Waals surface area contributed by atoms with Gasteiger partial charge >= 0.3 is 0 Å². The lowest BCUT2D eigenvalue weighted by atomic mass is 10.2. The lowest BCUT2D eigenvalue weighted by Gasteiger charge is -2.06. The van der Waals surface area contributed by atoms with E-state index in [1.54, 1.807) is 0 Å². The van der Waals surface area contributed by atoms with Crippen LogP contribution < -0.4 is 16.0 Å². The van der Waals surface area contributed by atoms with Crippen molar-refractivity contribution in [2.24, 2.45) is 5.84 Å². The second kappa shape index (κ2) is 5.56. The lowest BCUT2D eigenvalue weighted by Crippen LogP contribution is -2.20. The van der Waals surface area contributed by atoms with Gasteiger partial charge in [0.1, 0.15) is 5.75 Å². The number of benzene rings is 1. The minimum Gasteiger partial charge on any atom is -0.494 e. The Morgan fingerprint density at radius 2 is 2.31 bits per heavy atom. The average Bonchev–Trinajstić information content (AvgIpc) is 2.16. The largest absolute Gasteiger partial charge is 0.494 e. The van der Waals surface area contributed by atoms with E-state index in [-0.39, 0.29) is 0 Å². The molecule has 0 heterocycles. The summed E-state index contributed by atoms with van der Waals surface area (Å²) in [7, 11) is 0. The predicted octanol–water partition coefficient (Wildman–Crippen LogP) is 1.44. The third kappa shape index (κ3) is 3.44. The molecule has 3 heteroatoms. The first-order valence-corrected chi connectivity index (χ1v) is 4.52. The molecule has 0 radical (unpaired) electrons. The van der Waals surface area contributed by atoms with Crippen LogP contribution in [0, 0.1) is 0 Å². The summed E-state index contributed by atoms with van der Waals surface area (Å²) >= 11 is 0. The Balaban J connectivity index is 2.56. The molecule has 0 saturated heterocycles. The van der Waals surface area contributed by atoms with Crippen LogP contribution in [-0.2, 0) is 6.54 Å². The molecule has 0 amide bonds. The number of nitrogens with one attached hydrogen (secondary N) is 1. The normalized spacial score (nSPS) is 10.0. The standard InChI is InChI=1S/C10H16N2O/c1-2-6-13-10-5-3-4-9(7-10)8-12-11/h3-5,7,12H,2,6,8,11H2,1H3. The van der Waals surface area contributed by atoms with E-state index in [4.69, 9.17) is 10.6 Å². The van der Waals surface area contributed by atoms with Crippen molar-refractivity contribution in [1.82, 2.24) is 5.43 Å². The highest BCUT2D eigenvalue weighted by atomic mass is 16.5. The fourth-order valence-corrected chi connectivity index (χ4v) is 1.08. The van der Waals surface area contributed by atoms with E-state index >= 15 is 0 Å². The van der Waals surface area contributed by atoms with E-state index in [1.165, 1.54) is 0 Å². The average molecular weight is 180 g/mol. The van der Waals surface area contributed by atoms with Gasteiger partial charge in [-0.2, -0.15) is 0 Å². The maximum Gasteiger partial charge on any atom is 0.119 e. The van der Waals surface area contributed by atoms with Gasteiger partial charge in [-0.3, -0.25) is 11.3 Å². The third-order valence-electron chi connectivity index (χ3n) is 1.68. The highest BCUT2D eigenvalue weighted by molar-refractivity contribution is 5.28. The van der Waals surface area contributed by atoms with Crippen molar-refractivity contribution in [3.63, 3.8) is 0 Å². The molecule has 1 aromatic carbocycles. The highest BCUT2D eigenvalue weighted by Gasteiger charge is 1.94. The molecule has 0 aromatic heterocycles. The minimum absolute atomic E-state index is 0.670. The SMILES string of the molecule is CCCOc1cccc(CNN)c1. The molecule has 0 atom stereocenters. The fourth-order valence-electron chi connectivity index (χ4n) is 1.08. The summed E-state index contributed by atoms with van der Waals surface area (Å²) in [5.74, 6) is 6.13. The van der Waals surface area contributed by atoms with Crippen molar-refractivity contribution in [3.05, 3.63) is 29.8 Å². The van der Waals surface area contributed by atoms with Crippen LogP contribution in [0.15, 0.2) is 24.3 Å². The Bertz CT molecular complexity index is 250. The van der Waals surface area contributed by atoms with Gasteiger partial charge in [0, 0.05) is 6.54 Å². The Morgan fingerprint density at radius 3 is 3.00 bits per heavy atom. The molecule has 1 rings (SSSR count). The summed E-state index contributed by atoms with van der Waals surface area (Å²) in [6.45, 7) is 3.52. The minimum atomic E-state index is 0.670. The van der Waals surface area contributed by atoms with Gasteiger partial charge in [0.25, 0.3) is 0 Å². The third-order valence-corrected chi connectivity index (χ3v) is 1.68. The van der Waals surface area contributed by atoms with Crippen LogP contribution in [0.4, 0.5) is 0 Å². The van der Waals surface area contributed by atoms with Gasteiger partial charge in [0.15, 0.2) is 0 Å². The van der Waals surface area contributed by atoms with Gasteiger partial charge in [-0.05, 0) is 24.1 Å². The molecule has 0 saturated carbocycles. The molecule has 0 fully saturated rings. The topological polar surface area (TPSA) is 47.3 Å². The Kier molecular flexibility index (Phi) is 4.29. The van der Waals surface area contributed by atoms with Crippen LogP contribution in [0.5, 0.6) is 5.75 Å². The molecule has 0 unspecified atom stereocenters. The van der Waals surface area contributed by atoms with Crippen LogP contribution in [0.1, 0.15) is 18.9 Å². The summed E-state index contributed by atoms with van der Waals surface area (Å²) in [6, 6.07) is 7.93. The van der Waals surface area contributed by atoms with Crippen molar-refractivity contribution in [2.75, 3.05) is 6.61 Å². The molecule has 3 nitrogen and oxygen atoms in total. The van der Waals surface area contributed by atoms with E-state index in [1.807, 2.05) is 24.3 Å². The molecule has 0 aliphatic rings. The van der Waals surface area contributed by atoms with Gasteiger partial charge in [-0.25, -0.2) is 0 Å². The zero-order chi connectivity index (χ0) is 9.52. The van der Waals surface area contributed by atoms with E-state index in [0.29, 0.717) is 6.54 Å². The predicted molar refractivity (Wildman–Crippen MR) is 53.3 cm³/mol. The molecular formula is C10H16N2O. The van der Waals surface area contributed by atoms with Gasteiger partial charge in [0.05, 0.1) is 6.61 Å². The van der Waals surface area contributed by atoms with Crippen molar-refractivity contribution in [2.45, 2.75) is 19.9 Å². The van der Waals surface area contributed by atoms with Crippen LogP contribution in [0.25, 0.3) is 0 Å². The smallest absolute Gasteiger partial charge is 0.119 e. The first-order valence-electron chi connectivity index (χ1n) is 4.52. The fraction of sp³-hybridized carbons (Fsp3) is 0.400. The van der Waals surface area contributed by atoms with Gasteiger partial charge < -0.3 is 4.74 Å². The number of rotatable bonds is 5. The van der Waals surface area contributed by atoms with Gasteiger partial charge in [0.2, 0.25) is 0 Å². The van der Waals surface area contributed by atoms with E-state index in [9.17, 15) is 0 Å². The number of hydrogen-bond acceptors (Lipinski definition) is 3. The highest BCUT2D eigenvalue weighted by Crippen LogP contribution is 2.12. The Morgan fingerprint density at radius 1 is 1.46 bits per heavy atom. The van der Waals surface area contributed by atoms with E-state index < -0.39 is 0 Å². The molecule has 0 bridgehead atoms. The summed E-state index contributed by atoms with van der Waals surface area (Å²) in [4.78, 5) is 0. The lowest BCUT2D eigenvalue weighted by molar-refractivity contribution is 0.317. The van der Waals surface area contributed by atoms with Crippen molar-refractivity contribution in [1.29, 1.82) is 0 Å². The first-order chi connectivity index (χ1) is 6.36. The second-order valence-electron chi connectivity index (χ2n) is 2.88. The molecule has 0 aliphatic heterocycles. The van der Waals surface area contributed by atoms with Crippen molar-refractivity contribution < 1.29 is 4.74 Å². The number of hydrazine groups is 1. The zero-order valence-corrected chi connectivity index (χ0v) is 7.92. The summed E-state index contributed by atoms with van der Waals surface area (Å²) in [5, 5.41) is 0. The molecule has 0 aliphatic carbocycles. The molecule has 3 N–H and O–H groups in total. The van der Waals surface area contributed by atoms with Gasteiger partial charge in [-0.15, -0.1) is 0 Å². The molecule has 13 heavy (non-hydrogen) atoms. The molecule has 0 spiro atoms. The summed E-state index contributed by atoms with van der Waals surface area (Å²) < 4.78 is 5.47. The monoisotopic (exact) mass is 180 g/mol. The van der Waals surface area contributed by atoms with Crippen LogP contribution in [0.2, 0.25) is 0 Å². The molecule has 72 valence electrons. The number of hydrogen-bond donors (Lipinski definition) is 2. The van der Waals surface area contributed by atoms with E-state index in [0.717, 1.165) is 24.3 Å². The summed E-state index contributed by atoms with van der Waals surface area (Å²) in [5.41, 5.74) is 3.75. The second-order valence-corrected chi connectivity index (χ2v) is 2.88. The Labute approximate surface area is 78.9 Å². The van der Waals surface area contributed by atoms with E-state index in [2.05, 4.69) is 12.3 Å². The van der Waals surface area contributed by atoms with Crippen molar-refractivity contribution >= 4 is 0 Å². The van der Waals surface area contributed by atoms with Crippen LogP contribution in [-0.4, -0.2) is 6.61 Å². The van der Waals surface area contributed by atoms with Crippen molar-refractivity contribution in [3.8, 4) is 5.75 Å². The maximum absolute atomic E-state index is 5.47. The molecular weight excluding hydrogens is 164 g/mol. The van der Waals surface area contributed by atoms with Gasteiger partial charge in [-0.1, -0.05) is 19.1 Å². The number of ether oxygens (including phenoxy) is 1. The quantitative estimate of drug-likeness (QED) is 0.532. The van der Waals surface area contributed by atoms with Crippen LogP contribution in [0.3, 0.4) is 0 Å². The zero-order valence-electron chi connectivity index (χ0n) is 7.92. The Hall–Kier alpha value is -1.06. The molecule has 1 aromatic rings.